The first kappa shape index (κ1) is 26.9. The number of carbonyl (C=O) groups is 1. The number of rotatable bonds is 3. The van der Waals surface area contributed by atoms with Crippen molar-refractivity contribution in [3.8, 4) is 28.2 Å². The maximum atomic E-state index is 13.7. The van der Waals surface area contributed by atoms with Crippen LogP contribution in [0, 0.1) is 5.92 Å². The Morgan fingerprint density at radius 1 is 1.05 bits per heavy atom. The minimum Gasteiger partial charge on any atom is -0.323 e. The lowest BCUT2D eigenvalue weighted by Crippen LogP contribution is -2.26. The number of nitrogens with zero attached hydrogens (tertiary/aromatic N) is 8. The third kappa shape index (κ3) is 5.25. The molecule has 4 aromatic heterocycles. The fourth-order valence-corrected chi connectivity index (χ4v) is 5.48. The maximum absolute atomic E-state index is 13.7. The Hall–Kier alpha value is -4.35. The molecule has 0 spiro atoms. The molecule has 11 nitrogen and oxygen atoms in total. The van der Waals surface area contributed by atoms with Crippen molar-refractivity contribution in [1.82, 2.24) is 39.3 Å². The molecule has 5 aromatic rings. The van der Waals surface area contributed by atoms with Crippen LogP contribution in [0.4, 0.5) is 5.69 Å². The topological polar surface area (TPSA) is 125 Å². The van der Waals surface area contributed by atoms with Crippen molar-refractivity contribution in [3.63, 3.8) is 0 Å². The molecule has 13 heteroatoms. The fraction of sp³-hybridized carbons (Fsp3) is 0.250. The summed E-state index contributed by atoms with van der Waals surface area (Å²) in [4.78, 5) is 35.7. The lowest BCUT2D eigenvalue weighted by Gasteiger charge is -2.22. The van der Waals surface area contributed by atoms with Gasteiger partial charge >= 0.3 is 0 Å². The molecule has 5 heterocycles. The normalized spacial score (nSPS) is 17.3. The molecule has 6 rings (SSSR count). The number of hydrogen-bond donors (Lipinski definition) is 1. The lowest BCUT2D eigenvalue weighted by molar-refractivity contribution is -0.119. The highest BCUT2D eigenvalue weighted by Crippen LogP contribution is 2.33. The number of benzene rings is 1. The molecule has 0 saturated heterocycles. The van der Waals surface area contributed by atoms with Gasteiger partial charge in [0.2, 0.25) is 5.91 Å². The quantitative estimate of drug-likeness (QED) is 0.316. The van der Waals surface area contributed by atoms with Gasteiger partial charge in [0.05, 0.1) is 47.5 Å². The predicted molar refractivity (Wildman–Crippen MR) is 155 cm³/mol. The van der Waals surface area contributed by atoms with E-state index in [4.69, 9.17) is 23.2 Å². The Balaban J connectivity index is 1.44. The van der Waals surface area contributed by atoms with E-state index >= 15 is 0 Å². The Labute approximate surface area is 244 Å². The molecule has 1 aliphatic heterocycles. The Morgan fingerprint density at radius 2 is 1.90 bits per heavy atom. The summed E-state index contributed by atoms with van der Waals surface area (Å²) in [5.41, 5.74) is 4.41. The molecule has 1 amide bonds. The van der Waals surface area contributed by atoms with Crippen molar-refractivity contribution < 1.29 is 4.79 Å². The standard InChI is InChI=1S/C28H25Cl2N9O2/c1-16-4-3-5-23(17-8-18(12-31-11-17)27-22(34-28(16)41)13-33-37(27)2)38-15-32-21(10-26(38)40)20-9-19(29)6-7-24(20)39-14-25(30)35-36-39/h6-16,23H,3-5H2,1-2H3,(H,34,41). The van der Waals surface area contributed by atoms with Crippen LogP contribution in [-0.2, 0) is 11.8 Å². The number of carbonyl (C=O) groups excluding carboxylic acids is 1. The van der Waals surface area contributed by atoms with Crippen LogP contribution in [0.25, 0.3) is 28.2 Å². The van der Waals surface area contributed by atoms with E-state index in [2.05, 4.69) is 30.7 Å². The molecule has 41 heavy (non-hydrogen) atoms. The third-order valence-electron chi connectivity index (χ3n) is 7.30. The van der Waals surface area contributed by atoms with Gasteiger partial charge in [-0.05, 0) is 42.7 Å². The van der Waals surface area contributed by atoms with Crippen molar-refractivity contribution in [2.75, 3.05) is 5.32 Å². The smallest absolute Gasteiger partial charge is 0.254 e. The molecule has 2 bridgehead atoms. The zero-order valence-electron chi connectivity index (χ0n) is 22.2. The van der Waals surface area contributed by atoms with Gasteiger partial charge in [-0.1, -0.05) is 41.8 Å². The largest absolute Gasteiger partial charge is 0.323 e. The zero-order chi connectivity index (χ0) is 28.7. The fourth-order valence-electron chi connectivity index (χ4n) is 5.18. The lowest BCUT2D eigenvalue weighted by atomic mass is 9.95. The van der Waals surface area contributed by atoms with E-state index in [0.29, 0.717) is 46.9 Å². The number of anilines is 1. The van der Waals surface area contributed by atoms with Crippen molar-refractivity contribution >= 4 is 34.8 Å². The van der Waals surface area contributed by atoms with Gasteiger partial charge in [-0.15, -0.1) is 5.10 Å². The van der Waals surface area contributed by atoms with E-state index in [-0.39, 0.29) is 28.6 Å². The highest BCUT2D eigenvalue weighted by molar-refractivity contribution is 6.31. The van der Waals surface area contributed by atoms with E-state index in [1.165, 1.54) is 10.7 Å². The summed E-state index contributed by atoms with van der Waals surface area (Å²) in [6, 6.07) is 8.33. The van der Waals surface area contributed by atoms with Crippen LogP contribution in [0.3, 0.4) is 0 Å². The van der Waals surface area contributed by atoms with E-state index in [1.54, 1.807) is 58.6 Å². The maximum Gasteiger partial charge on any atom is 0.254 e. The summed E-state index contributed by atoms with van der Waals surface area (Å²) in [5.74, 6) is -0.293. The monoisotopic (exact) mass is 589 g/mol. The third-order valence-corrected chi connectivity index (χ3v) is 7.70. The average molecular weight is 590 g/mol. The van der Waals surface area contributed by atoms with Gasteiger partial charge in [-0.25, -0.2) is 9.67 Å². The molecular formula is C28H25Cl2N9O2. The molecule has 2 atom stereocenters. The first-order valence-electron chi connectivity index (χ1n) is 13.0. The second-order valence-corrected chi connectivity index (χ2v) is 10.9. The van der Waals surface area contributed by atoms with Gasteiger partial charge in [-0.2, -0.15) is 5.10 Å². The predicted octanol–water partition coefficient (Wildman–Crippen LogP) is 4.94. The van der Waals surface area contributed by atoms with E-state index in [1.807, 2.05) is 20.0 Å². The Morgan fingerprint density at radius 3 is 2.68 bits per heavy atom. The van der Waals surface area contributed by atoms with Crippen molar-refractivity contribution in [2.24, 2.45) is 13.0 Å². The van der Waals surface area contributed by atoms with Crippen LogP contribution in [0.15, 0.2) is 66.2 Å². The number of pyridine rings is 1. The highest BCUT2D eigenvalue weighted by Gasteiger charge is 2.24. The molecule has 1 N–H and O–H groups in total. The molecule has 0 radical (unpaired) electrons. The molecular weight excluding hydrogens is 565 g/mol. The van der Waals surface area contributed by atoms with E-state index < -0.39 is 0 Å². The van der Waals surface area contributed by atoms with Gasteiger partial charge < -0.3 is 5.32 Å². The van der Waals surface area contributed by atoms with Gasteiger partial charge in [0.1, 0.15) is 0 Å². The number of halogens is 2. The van der Waals surface area contributed by atoms with Crippen LogP contribution in [0.1, 0.15) is 37.8 Å². The van der Waals surface area contributed by atoms with Crippen LogP contribution in [-0.4, -0.2) is 45.2 Å². The highest BCUT2D eigenvalue weighted by atomic mass is 35.5. The Bertz CT molecular complexity index is 1830. The van der Waals surface area contributed by atoms with E-state index in [9.17, 15) is 9.59 Å². The summed E-state index contributed by atoms with van der Waals surface area (Å²) in [5, 5.41) is 16.0. The van der Waals surface area contributed by atoms with Crippen molar-refractivity contribution in [1.29, 1.82) is 0 Å². The summed E-state index contributed by atoms with van der Waals surface area (Å²) >= 11 is 12.3. The number of fused-ring (bicyclic) bond motifs is 4. The summed E-state index contributed by atoms with van der Waals surface area (Å²) in [6.07, 6.45) is 10.2. The van der Waals surface area contributed by atoms with Crippen molar-refractivity contribution in [3.05, 3.63) is 87.5 Å². The first-order valence-corrected chi connectivity index (χ1v) is 13.8. The number of nitrogens with one attached hydrogen (secondary N) is 1. The molecule has 0 fully saturated rings. The summed E-state index contributed by atoms with van der Waals surface area (Å²) < 4.78 is 4.83. The Kier molecular flexibility index (Phi) is 7.14. The van der Waals surface area contributed by atoms with Gasteiger partial charge in [0.25, 0.3) is 5.56 Å². The van der Waals surface area contributed by atoms with Crippen LogP contribution < -0.4 is 10.9 Å². The van der Waals surface area contributed by atoms with Gasteiger partial charge in [0, 0.05) is 47.6 Å². The second kappa shape index (κ2) is 10.9. The van der Waals surface area contributed by atoms with Crippen LogP contribution in [0.2, 0.25) is 10.2 Å². The van der Waals surface area contributed by atoms with Crippen molar-refractivity contribution in [2.45, 2.75) is 32.2 Å². The average Bonchev–Trinajstić information content (AvgIpc) is 3.55. The van der Waals surface area contributed by atoms with Crippen LogP contribution >= 0.6 is 23.2 Å². The minimum absolute atomic E-state index is 0.0744. The number of amides is 1. The molecule has 1 aliphatic rings. The number of hydrogen-bond acceptors (Lipinski definition) is 7. The molecule has 0 saturated carbocycles. The number of aromatic nitrogens is 8. The van der Waals surface area contributed by atoms with Gasteiger partial charge in [-0.3, -0.25) is 23.8 Å². The molecule has 1 aromatic carbocycles. The van der Waals surface area contributed by atoms with Gasteiger partial charge in [0.15, 0.2) is 5.15 Å². The minimum atomic E-state index is -0.351. The first-order chi connectivity index (χ1) is 19.8. The molecule has 0 aliphatic carbocycles. The SMILES string of the molecule is CC1CCCC(n2cnc(-c3cc(Cl)ccc3-n3cc(Cl)nn3)cc2=O)c2cncc(c2)-c2c(cnn2C)NC1=O. The number of aryl methyl sites for hydroxylation is 1. The molecule has 208 valence electrons. The zero-order valence-corrected chi connectivity index (χ0v) is 23.7. The van der Waals surface area contributed by atoms with E-state index in [0.717, 1.165) is 16.8 Å². The summed E-state index contributed by atoms with van der Waals surface area (Å²) in [6.45, 7) is 1.90. The van der Waals surface area contributed by atoms with Crippen LogP contribution in [0.5, 0.6) is 0 Å². The molecule has 2 unspecified atom stereocenters. The second-order valence-electron chi connectivity index (χ2n) is 10.0. The summed E-state index contributed by atoms with van der Waals surface area (Å²) in [7, 11) is 1.81.